The molecule has 0 spiro atoms. The summed E-state index contributed by atoms with van der Waals surface area (Å²) in [6.07, 6.45) is 0. The number of rotatable bonds is 7. The number of aryl methyl sites for hydroxylation is 2. The zero-order valence-corrected chi connectivity index (χ0v) is 15.4. The van der Waals surface area contributed by atoms with Gasteiger partial charge in [0.2, 0.25) is 5.91 Å². The minimum Gasteiger partial charge on any atom is -0.353 e. The Kier molecular flexibility index (Phi) is 6.75. The van der Waals surface area contributed by atoms with Crippen LogP contribution in [0.15, 0.2) is 41.6 Å². The van der Waals surface area contributed by atoms with Gasteiger partial charge in [-0.3, -0.25) is 4.79 Å². The van der Waals surface area contributed by atoms with Gasteiger partial charge in [0.15, 0.2) is 5.16 Å². The van der Waals surface area contributed by atoms with Crippen LogP contribution in [0.25, 0.3) is 0 Å². The fourth-order valence-electron chi connectivity index (χ4n) is 2.42. The van der Waals surface area contributed by atoms with Crippen LogP contribution in [-0.4, -0.2) is 47.2 Å². The first-order valence-corrected chi connectivity index (χ1v) is 8.87. The van der Waals surface area contributed by atoms with E-state index < -0.39 is 0 Å². The highest BCUT2D eigenvalue weighted by atomic mass is 32.2. The molecule has 2 aromatic rings. The van der Waals surface area contributed by atoms with Crippen molar-refractivity contribution in [1.29, 1.82) is 0 Å². The van der Waals surface area contributed by atoms with E-state index in [-0.39, 0.29) is 11.9 Å². The number of thioether (sulfide) groups is 1. The topological polar surface area (TPSA) is 58.1 Å². The smallest absolute Gasteiger partial charge is 0.230 e. The van der Waals surface area contributed by atoms with E-state index in [1.54, 1.807) is 0 Å². The van der Waals surface area contributed by atoms with Crippen LogP contribution in [0, 0.1) is 13.8 Å². The van der Waals surface area contributed by atoms with Crippen LogP contribution < -0.4 is 5.32 Å². The van der Waals surface area contributed by atoms with Crippen LogP contribution in [-0.2, 0) is 4.79 Å². The van der Waals surface area contributed by atoms with Crippen molar-refractivity contribution in [2.75, 3.05) is 26.4 Å². The summed E-state index contributed by atoms with van der Waals surface area (Å²) in [5.41, 5.74) is 3.03. The van der Waals surface area contributed by atoms with Crippen LogP contribution in [0.4, 0.5) is 0 Å². The number of amides is 1. The molecule has 0 aliphatic heterocycles. The molecule has 0 saturated heterocycles. The minimum absolute atomic E-state index is 0.00876. The molecule has 1 heterocycles. The highest BCUT2D eigenvalue weighted by Gasteiger charge is 2.15. The van der Waals surface area contributed by atoms with Crippen LogP contribution in [0.2, 0.25) is 0 Å². The van der Waals surface area contributed by atoms with Crippen molar-refractivity contribution in [3.05, 3.63) is 53.3 Å². The molecule has 0 fully saturated rings. The van der Waals surface area contributed by atoms with Gasteiger partial charge in [-0.2, -0.15) is 0 Å². The lowest BCUT2D eigenvalue weighted by Gasteiger charge is -2.25. The van der Waals surface area contributed by atoms with Gasteiger partial charge in [-0.05, 0) is 39.6 Å². The molecule has 1 amide bonds. The third kappa shape index (κ3) is 5.62. The maximum Gasteiger partial charge on any atom is 0.230 e. The lowest BCUT2D eigenvalue weighted by atomic mass is 10.1. The molecule has 1 aromatic heterocycles. The molecule has 5 nitrogen and oxygen atoms in total. The number of hydrogen-bond donors (Lipinski definition) is 1. The molecule has 24 heavy (non-hydrogen) atoms. The normalized spacial score (nSPS) is 12.2. The van der Waals surface area contributed by atoms with Crippen LogP contribution in [0.1, 0.15) is 23.0 Å². The number of hydrogen-bond acceptors (Lipinski definition) is 5. The molecule has 0 bridgehead atoms. The Bertz CT molecular complexity index is 656. The summed E-state index contributed by atoms with van der Waals surface area (Å²) in [6.45, 7) is 4.44. The second kappa shape index (κ2) is 8.80. The average molecular weight is 344 g/mol. The SMILES string of the molecule is Cc1cc(C)nc(SCC(=O)NCC(c2ccccc2)N(C)C)n1. The van der Waals surface area contributed by atoms with E-state index in [4.69, 9.17) is 0 Å². The number of likely N-dealkylation sites (N-methyl/N-ethyl adjacent to an activating group) is 1. The summed E-state index contributed by atoms with van der Waals surface area (Å²) in [7, 11) is 4.03. The van der Waals surface area contributed by atoms with Gasteiger partial charge in [0.05, 0.1) is 11.8 Å². The maximum atomic E-state index is 12.1. The van der Waals surface area contributed by atoms with E-state index in [9.17, 15) is 4.79 Å². The second-order valence-electron chi connectivity index (χ2n) is 5.92. The standard InChI is InChI=1S/C18H24N4OS/c1-13-10-14(2)21-18(20-13)24-12-17(23)19-11-16(22(3)4)15-8-6-5-7-9-15/h5-10,16H,11-12H2,1-4H3,(H,19,23). The molecular weight excluding hydrogens is 320 g/mol. The molecular formula is C18H24N4OS. The predicted molar refractivity (Wildman–Crippen MR) is 98.1 cm³/mol. The number of nitrogens with zero attached hydrogens (tertiary/aromatic N) is 3. The number of nitrogens with one attached hydrogen (secondary N) is 1. The Morgan fingerprint density at radius 3 is 2.38 bits per heavy atom. The number of carbonyl (C=O) groups is 1. The fourth-order valence-corrected chi connectivity index (χ4v) is 3.20. The summed E-state index contributed by atoms with van der Waals surface area (Å²) in [5, 5.41) is 3.65. The van der Waals surface area contributed by atoms with Crippen LogP contribution >= 0.6 is 11.8 Å². The summed E-state index contributed by atoms with van der Waals surface area (Å²) < 4.78 is 0. The van der Waals surface area contributed by atoms with Crippen molar-refractivity contribution in [3.8, 4) is 0 Å². The van der Waals surface area contributed by atoms with Gasteiger partial charge in [0, 0.05) is 17.9 Å². The lowest BCUT2D eigenvalue weighted by molar-refractivity contribution is -0.118. The van der Waals surface area contributed by atoms with E-state index in [0.29, 0.717) is 17.5 Å². The Balaban J connectivity index is 1.87. The Hall–Kier alpha value is -1.92. The van der Waals surface area contributed by atoms with Crippen molar-refractivity contribution in [2.45, 2.75) is 25.0 Å². The quantitative estimate of drug-likeness (QED) is 0.618. The van der Waals surface area contributed by atoms with E-state index in [1.807, 2.05) is 52.2 Å². The lowest BCUT2D eigenvalue weighted by Crippen LogP contribution is -2.35. The molecule has 1 aromatic carbocycles. The van der Waals surface area contributed by atoms with Gasteiger partial charge < -0.3 is 10.2 Å². The van der Waals surface area contributed by atoms with Gasteiger partial charge in [-0.25, -0.2) is 9.97 Å². The van der Waals surface area contributed by atoms with Crippen molar-refractivity contribution >= 4 is 17.7 Å². The van der Waals surface area contributed by atoms with Crippen molar-refractivity contribution < 1.29 is 4.79 Å². The molecule has 128 valence electrons. The van der Waals surface area contributed by atoms with Crippen molar-refractivity contribution in [1.82, 2.24) is 20.2 Å². The zero-order valence-electron chi connectivity index (χ0n) is 14.6. The molecule has 1 N–H and O–H groups in total. The highest BCUT2D eigenvalue weighted by molar-refractivity contribution is 7.99. The molecule has 0 aliphatic rings. The Morgan fingerprint density at radius 2 is 1.79 bits per heavy atom. The highest BCUT2D eigenvalue weighted by Crippen LogP contribution is 2.17. The Labute approximate surface area is 147 Å². The number of carbonyl (C=O) groups excluding carboxylic acids is 1. The molecule has 1 atom stereocenters. The monoisotopic (exact) mass is 344 g/mol. The number of benzene rings is 1. The largest absolute Gasteiger partial charge is 0.353 e. The number of aromatic nitrogens is 2. The zero-order chi connectivity index (χ0) is 17.5. The van der Waals surface area contributed by atoms with E-state index in [2.05, 4.69) is 32.3 Å². The van der Waals surface area contributed by atoms with Crippen LogP contribution in [0.3, 0.4) is 0 Å². The molecule has 0 aliphatic carbocycles. The first kappa shape index (κ1) is 18.4. The summed E-state index contributed by atoms with van der Waals surface area (Å²) in [6, 6.07) is 12.3. The second-order valence-corrected chi connectivity index (χ2v) is 6.86. The summed E-state index contributed by atoms with van der Waals surface area (Å²) >= 11 is 1.36. The summed E-state index contributed by atoms with van der Waals surface area (Å²) in [4.78, 5) is 22.9. The van der Waals surface area contributed by atoms with Crippen molar-refractivity contribution in [2.24, 2.45) is 0 Å². The van der Waals surface area contributed by atoms with Gasteiger partial charge in [0.25, 0.3) is 0 Å². The molecule has 0 radical (unpaired) electrons. The fraction of sp³-hybridized carbons (Fsp3) is 0.389. The predicted octanol–water partition coefficient (Wildman–Crippen LogP) is 2.60. The van der Waals surface area contributed by atoms with E-state index in [1.165, 1.54) is 17.3 Å². The third-order valence-corrected chi connectivity index (χ3v) is 4.44. The van der Waals surface area contributed by atoms with Crippen LogP contribution in [0.5, 0.6) is 0 Å². The van der Waals surface area contributed by atoms with Crippen molar-refractivity contribution in [3.63, 3.8) is 0 Å². The molecule has 1 unspecified atom stereocenters. The first-order chi connectivity index (χ1) is 11.5. The Morgan fingerprint density at radius 1 is 1.17 bits per heavy atom. The molecule has 0 saturated carbocycles. The first-order valence-electron chi connectivity index (χ1n) is 7.89. The minimum atomic E-state index is -0.00876. The van der Waals surface area contributed by atoms with E-state index in [0.717, 1.165) is 11.4 Å². The van der Waals surface area contributed by atoms with Gasteiger partial charge in [0.1, 0.15) is 0 Å². The molecule has 2 rings (SSSR count). The van der Waals surface area contributed by atoms with E-state index >= 15 is 0 Å². The van der Waals surface area contributed by atoms with Gasteiger partial charge >= 0.3 is 0 Å². The molecule has 6 heteroatoms. The third-order valence-electron chi connectivity index (χ3n) is 3.59. The average Bonchev–Trinajstić information content (AvgIpc) is 2.53. The summed E-state index contributed by atoms with van der Waals surface area (Å²) in [5.74, 6) is 0.309. The van der Waals surface area contributed by atoms with Gasteiger partial charge in [-0.1, -0.05) is 42.1 Å². The maximum absolute atomic E-state index is 12.1. The van der Waals surface area contributed by atoms with Gasteiger partial charge in [-0.15, -0.1) is 0 Å².